The summed E-state index contributed by atoms with van der Waals surface area (Å²) in [5.41, 5.74) is 5.95. The molecule has 0 saturated heterocycles. The molecular formula is C12H15NO6S. The molecule has 0 aliphatic carbocycles. The zero-order valence-electron chi connectivity index (χ0n) is 11.3. The first kappa shape index (κ1) is 16.0. The fraction of sp³-hybridized carbons (Fsp3) is 0.417. The average Bonchev–Trinajstić information content (AvgIpc) is 2.79. The summed E-state index contributed by atoms with van der Waals surface area (Å²) in [5, 5.41) is 0.111. The van der Waals surface area contributed by atoms with Crippen molar-refractivity contribution < 1.29 is 28.6 Å². The minimum absolute atomic E-state index is 0.0294. The molecule has 20 heavy (non-hydrogen) atoms. The van der Waals surface area contributed by atoms with Gasteiger partial charge in [0, 0.05) is 12.0 Å². The molecule has 0 amide bonds. The Morgan fingerprint density at radius 2 is 1.75 bits per heavy atom. The van der Waals surface area contributed by atoms with Crippen LogP contribution < -0.4 is 5.73 Å². The van der Waals surface area contributed by atoms with Crippen LogP contribution in [0.5, 0.6) is 0 Å². The van der Waals surface area contributed by atoms with E-state index >= 15 is 0 Å². The molecule has 0 atom stereocenters. The van der Waals surface area contributed by atoms with Crippen LogP contribution in [0, 0.1) is 0 Å². The first-order valence-electron chi connectivity index (χ1n) is 5.69. The fourth-order valence-electron chi connectivity index (χ4n) is 1.46. The van der Waals surface area contributed by atoms with Crippen molar-refractivity contribution in [2.75, 3.05) is 20.0 Å². The van der Waals surface area contributed by atoms with E-state index in [9.17, 15) is 14.4 Å². The van der Waals surface area contributed by atoms with Gasteiger partial charge in [-0.15, -0.1) is 11.3 Å². The zero-order valence-corrected chi connectivity index (χ0v) is 12.2. The highest BCUT2D eigenvalue weighted by Crippen LogP contribution is 2.33. The van der Waals surface area contributed by atoms with E-state index < -0.39 is 17.9 Å². The van der Waals surface area contributed by atoms with E-state index in [-0.39, 0.29) is 34.0 Å². The van der Waals surface area contributed by atoms with Gasteiger partial charge in [0.1, 0.15) is 22.0 Å². The second-order valence-electron chi connectivity index (χ2n) is 3.65. The number of thiophene rings is 1. The number of hydrogen-bond acceptors (Lipinski definition) is 8. The van der Waals surface area contributed by atoms with Crippen molar-refractivity contribution in [1.29, 1.82) is 0 Å². The maximum absolute atomic E-state index is 11.7. The smallest absolute Gasteiger partial charge is 0.348 e. The van der Waals surface area contributed by atoms with Crippen LogP contribution in [0.1, 0.15) is 38.9 Å². The third kappa shape index (κ3) is 3.27. The number of anilines is 1. The van der Waals surface area contributed by atoms with Gasteiger partial charge in [-0.3, -0.25) is 4.79 Å². The summed E-state index contributed by atoms with van der Waals surface area (Å²) in [4.78, 5) is 34.7. The van der Waals surface area contributed by atoms with E-state index in [1.54, 1.807) is 6.92 Å². The summed E-state index contributed by atoms with van der Waals surface area (Å²) >= 11 is 0.888. The van der Waals surface area contributed by atoms with Crippen molar-refractivity contribution in [3.05, 3.63) is 16.0 Å². The highest BCUT2D eigenvalue weighted by Gasteiger charge is 2.27. The monoisotopic (exact) mass is 301 g/mol. The number of carbonyl (C=O) groups is 3. The van der Waals surface area contributed by atoms with Gasteiger partial charge in [0.05, 0.1) is 14.2 Å². The Kier molecular flexibility index (Phi) is 5.51. The van der Waals surface area contributed by atoms with E-state index in [1.165, 1.54) is 14.2 Å². The van der Waals surface area contributed by atoms with Gasteiger partial charge in [0.2, 0.25) is 0 Å². The molecule has 8 heteroatoms. The molecule has 0 aliphatic heterocycles. The quantitative estimate of drug-likeness (QED) is 0.646. The van der Waals surface area contributed by atoms with Crippen LogP contribution >= 0.6 is 11.3 Å². The standard InChI is InChI=1S/C12H15NO6S/c1-4-7(14)19-5-6-8(11(15)17-2)10(13)20-9(6)12(16)18-3/h4-5,13H2,1-3H3. The molecule has 0 saturated carbocycles. The molecule has 0 bridgehead atoms. The van der Waals surface area contributed by atoms with Gasteiger partial charge in [-0.2, -0.15) is 0 Å². The number of rotatable bonds is 5. The molecule has 0 fully saturated rings. The number of nitrogen functional groups attached to an aromatic ring is 1. The van der Waals surface area contributed by atoms with Gasteiger partial charge < -0.3 is 19.9 Å². The summed E-state index contributed by atoms with van der Waals surface area (Å²) in [6.07, 6.45) is 0.181. The highest BCUT2D eigenvalue weighted by molar-refractivity contribution is 7.18. The van der Waals surface area contributed by atoms with Gasteiger partial charge >= 0.3 is 17.9 Å². The molecule has 0 unspecified atom stereocenters. The van der Waals surface area contributed by atoms with Gasteiger partial charge in [-0.25, -0.2) is 9.59 Å². The lowest BCUT2D eigenvalue weighted by molar-refractivity contribution is -0.144. The summed E-state index contributed by atoms with van der Waals surface area (Å²) in [6, 6.07) is 0. The van der Waals surface area contributed by atoms with Crippen LogP contribution in [0.25, 0.3) is 0 Å². The van der Waals surface area contributed by atoms with E-state index in [0.29, 0.717) is 0 Å². The van der Waals surface area contributed by atoms with Crippen LogP contribution in [-0.2, 0) is 25.6 Å². The van der Waals surface area contributed by atoms with Crippen molar-refractivity contribution in [3.63, 3.8) is 0 Å². The van der Waals surface area contributed by atoms with Crippen LogP contribution in [0.15, 0.2) is 0 Å². The topological polar surface area (TPSA) is 105 Å². The molecule has 1 rings (SSSR count). The van der Waals surface area contributed by atoms with Crippen molar-refractivity contribution in [3.8, 4) is 0 Å². The maximum Gasteiger partial charge on any atom is 0.348 e. The van der Waals surface area contributed by atoms with Gasteiger partial charge in [-0.1, -0.05) is 6.92 Å². The van der Waals surface area contributed by atoms with E-state index in [0.717, 1.165) is 11.3 Å². The molecule has 1 aromatic rings. The Balaban J connectivity index is 3.22. The molecule has 0 radical (unpaired) electrons. The Hall–Kier alpha value is -2.09. The van der Waals surface area contributed by atoms with Gasteiger partial charge in [-0.05, 0) is 0 Å². The predicted octanol–water partition coefficient (Wildman–Crippen LogP) is 1.36. The Morgan fingerprint density at radius 1 is 1.15 bits per heavy atom. The molecule has 0 aromatic carbocycles. The number of methoxy groups -OCH3 is 2. The Morgan fingerprint density at radius 3 is 2.25 bits per heavy atom. The summed E-state index contributed by atoms with van der Waals surface area (Å²) in [5.74, 6) is -1.81. The normalized spacial score (nSPS) is 9.95. The predicted molar refractivity (Wildman–Crippen MR) is 71.5 cm³/mol. The SMILES string of the molecule is CCC(=O)OCc1c(C(=O)OC)sc(N)c1C(=O)OC. The first-order chi connectivity index (χ1) is 9.46. The average molecular weight is 301 g/mol. The van der Waals surface area contributed by atoms with Crippen molar-refractivity contribution in [2.45, 2.75) is 20.0 Å². The molecule has 1 aromatic heterocycles. The van der Waals surface area contributed by atoms with Crippen LogP contribution in [0.4, 0.5) is 5.00 Å². The molecule has 110 valence electrons. The zero-order chi connectivity index (χ0) is 15.3. The minimum Gasteiger partial charge on any atom is -0.465 e. The molecule has 0 spiro atoms. The largest absolute Gasteiger partial charge is 0.465 e. The number of ether oxygens (including phenoxy) is 3. The van der Waals surface area contributed by atoms with Crippen LogP contribution in [0.2, 0.25) is 0 Å². The highest BCUT2D eigenvalue weighted by atomic mass is 32.1. The third-order valence-electron chi connectivity index (χ3n) is 2.46. The maximum atomic E-state index is 11.7. The molecule has 0 aliphatic rings. The van der Waals surface area contributed by atoms with Crippen LogP contribution in [0.3, 0.4) is 0 Å². The molecule has 2 N–H and O–H groups in total. The summed E-state index contributed by atoms with van der Waals surface area (Å²) in [6.45, 7) is 1.39. The number of nitrogens with two attached hydrogens (primary N) is 1. The van der Waals surface area contributed by atoms with Crippen molar-refractivity contribution in [1.82, 2.24) is 0 Å². The number of esters is 3. The third-order valence-corrected chi connectivity index (χ3v) is 3.50. The van der Waals surface area contributed by atoms with Gasteiger partial charge in [0.15, 0.2) is 0 Å². The van der Waals surface area contributed by atoms with E-state index in [1.807, 2.05) is 0 Å². The van der Waals surface area contributed by atoms with Crippen molar-refractivity contribution >= 4 is 34.2 Å². The van der Waals surface area contributed by atoms with Gasteiger partial charge in [0.25, 0.3) is 0 Å². The molecule has 7 nitrogen and oxygen atoms in total. The first-order valence-corrected chi connectivity index (χ1v) is 6.51. The number of hydrogen-bond donors (Lipinski definition) is 1. The summed E-state index contributed by atoms with van der Waals surface area (Å²) < 4.78 is 14.2. The number of carbonyl (C=O) groups excluding carboxylic acids is 3. The van der Waals surface area contributed by atoms with Crippen molar-refractivity contribution in [2.24, 2.45) is 0 Å². The lowest BCUT2D eigenvalue weighted by Crippen LogP contribution is -2.12. The fourth-order valence-corrected chi connectivity index (χ4v) is 2.44. The van der Waals surface area contributed by atoms with E-state index in [4.69, 9.17) is 10.5 Å². The minimum atomic E-state index is -0.698. The summed E-state index contributed by atoms with van der Waals surface area (Å²) in [7, 11) is 2.40. The Bertz CT molecular complexity index is 536. The lowest BCUT2D eigenvalue weighted by Gasteiger charge is -2.07. The molecule has 1 heterocycles. The molecular weight excluding hydrogens is 286 g/mol. The van der Waals surface area contributed by atoms with Crippen LogP contribution in [-0.4, -0.2) is 32.1 Å². The lowest BCUT2D eigenvalue weighted by atomic mass is 10.1. The second-order valence-corrected chi connectivity index (χ2v) is 4.70. The second kappa shape index (κ2) is 6.90. The van der Waals surface area contributed by atoms with E-state index in [2.05, 4.69) is 9.47 Å². The Labute approximate surface area is 119 Å².